The summed E-state index contributed by atoms with van der Waals surface area (Å²) in [5, 5.41) is -0.127. The van der Waals surface area contributed by atoms with E-state index in [1.807, 2.05) is 13.8 Å². The van der Waals surface area contributed by atoms with Crippen molar-refractivity contribution in [3.05, 3.63) is 46.4 Å². The van der Waals surface area contributed by atoms with Gasteiger partial charge in [-0.2, -0.15) is 0 Å². The van der Waals surface area contributed by atoms with Gasteiger partial charge in [-0.15, -0.1) is 0 Å². The lowest BCUT2D eigenvalue weighted by Gasteiger charge is -2.16. The lowest BCUT2D eigenvalue weighted by Crippen LogP contribution is -2.23. The fourth-order valence-electron chi connectivity index (χ4n) is 1.81. The third kappa shape index (κ3) is 2.08. The minimum absolute atomic E-state index is 0.127. The van der Waals surface area contributed by atoms with Crippen LogP contribution >= 0.6 is 0 Å². The number of carbonyl (C=O) groups excluding carboxylic acids is 2. The molecule has 2 atom stereocenters. The summed E-state index contributed by atoms with van der Waals surface area (Å²) in [6, 6.07) is 6.65. The number of rotatable bonds is 3. The van der Waals surface area contributed by atoms with Crippen LogP contribution in [0.5, 0.6) is 0 Å². The van der Waals surface area contributed by atoms with Gasteiger partial charge in [0.2, 0.25) is 5.78 Å². The second kappa shape index (κ2) is 4.98. The molecule has 0 aliphatic heterocycles. The van der Waals surface area contributed by atoms with E-state index in [1.54, 1.807) is 24.3 Å². The van der Waals surface area contributed by atoms with E-state index in [0.717, 1.165) is 0 Å². The van der Waals surface area contributed by atoms with E-state index >= 15 is 0 Å². The number of fused-ring (bicyclic) bond motifs is 1. The van der Waals surface area contributed by atoms with Crippen molar-refractivity contribution in [3.8, 4) is 0 Å². The number of allylic oxidation sites excluding steroid dienone is 2. The van der Waals surface area contributed by atoms with E-state index in [0.29, 0.717) is 17.5 Å². The SMILES string of the molecule is CCC(C)S(=O)C1=CC(=O)c2ccccc2C1=O. The molecule has 18 heavy (non-hydrogen) atoms. The van der Waals surface area contributed by atoms with Gasteiger partial charge in [-0.3, -0.25) is 13.8 Å². The first-order chi connectivity index (χ1) is 8.56. The molecule has 94 valence electrons. The maximum absolute atomic E-state index is 12.2. The highest BCUT2D eigenvalue weighted by Crippen LogP contribution is 2.25. The topological polar surface area (TPSA) is 51.2 Å². The minimum atomic E-state index is -1.42. The van der Waals surface area contributed by atoms with E-state index in [-0.39, 0.29) is 21.7 Å². The molecule has 0 amide bonds. The molecular formula is C14H14O3S. The molecule has 0 bridgehead atoms. The van der Waals surface area contributed by atoms with Gasteiger partial charge >= 0.3 is 0 Å². The quantitative estimate of drug-likeness (QED) is 0.841. The number of hydrogen-bond acceptors (Lipinski definition) is 3. The highest BCUT2D eigenvalue weighted by atomic mass is 32.2. The zero-order valence-electron chi connectivity index (χ0n) is 10.3. The third-order valence-corrected chi connectivity index (χ3v) is 4.88. The predicted octanol–water partition coefficient (Wildman–Crippen LogP) is 2.50. The molecule has 4 heteroatoms. The molecule has 0 saturated heterocycles. The number of carbonyl (C=O) groups is 2. The Morgan fingerprint density at radius 2 is 1.78 bits per heavy atom. The van der Waals surface area contributed by atoms with Gasteiger partial charge in [-0.05, 0) is 6.42 Å². The molecule has 1 aromatic rings. The Kier molecular flexibility index (Phi) is 3.57. The van der Waals surface area contributed by atoms with Crippen molar-refractivity contribution in [1.29, 1.82) is 0 Å². The summed E-state index contributed by atoms with van der Waals surface area (Å²) in [6.07, 6.45) is 1.93. The predicted molar refractivity (Wildman–Crippen MR) is 71.1 cm³/mol. The van der Waals surface area contributed by atoms with Crippen molar-refractivity contribution in [1.82, 2.24) is 0 Å². The first kappa shape index (κ1) is 12.9. The van der Waals surface area contributed by atoms with E-state index in [1.165, 1.54) is 6.08 Å². The Hall–Kier alpha value is -1.55. The third-order valence-electron chi connectivity index (χ3n) is 3.08. The fourth-order valence-corrected chi connectivity index (χ4v) is 3.06. The van der Waals surface area contributed by atoms with Gasteiger partial charge in [-0.25, -0.2) is 0 Å². The molecule has 0 aromatic heterocycles. The Labute approximate surface area is 108 Å². The van der Waals surface area contributed by atoms with Gasteiger partial charge in [-0.1, -0.05) is 38.1 Å². The number of Topliss-reactive ketones (excluding diaryl/α,β-unsaturated/α-hetero) is 1. The average Bonchev–Trinajstić information content (AvgIpc) is 2.41. The van der Waals surface area contributed by atoms with Crippen LogP contribution in [0.15, 0.2) is 35.2 Å². The Morgan fingerprint density at radius 3 is 2.39 bits per heavy atom. The largest absolute Gasteiger partial charge is 0.289 e. The Balaban J connectivity index is 2.46. The number of hydrogen-bond donors (Lipinski definition) is 0. The van der Waals surface area contributed by atoms with Gasteiger partial charge < -0.3 is 0 Å². The van der Waals surface area contributed by atoms with Crippen molar-refractivity contribution >= 4 is 22.4 Å². The molecule has 0 heterocycles. The molecule has 1 aliphatic rings. The van der Waals surface area contributed by atoms with Crippen molar-refractivity contribution < 1.29 is 13.8 Å². The van der Waals surface area contributed by atoms with Crippen LogP contribution in [0, 0.1) is 0 Å². The van der Waals surface area contributed by atoms with E-state index in [2.05, 4.69) is 0 Å². The first-order valence-electron chi connectivity index (χ1n) is 5.86. The molecule has 0 spiro atoms. The summed E-state index contributed by atoms with van der Waals surface area (Å²) in [6.45, 7) is 3.72. The zero-order chi connectivity index (χ0) is 13.3. The van der Waals surface area contributed by atoms with Crippen LogP contribution in [0.4, 0.5) is 0 Å². The van der Waals surface area contributed by atoms with E-state index in [9.17, 15) is 13.8 Å². The molecule has 1 aliphatic carbocycles. The van der Waals surface area contributed by atoms with Crippen LogP contribution in [0.3, 0.4) is 0 Å². The molecule has 2 unspecified atom stereocenters. The lowest BCUT2D eigenvalue weighted by molar-refractivity contribution is 0.0990. The first-order valence-corrected chi connectivity index (χ1v) is 7.08. The van der Waals surface area contributed by atoms with Gasteiger partial charge in [0, 0.05) is 22.5 Å². The number of ketones is 2. The molecule has 2 rings (SSSR count). The highest BCUT2D eigenvalue weighted by Gasteiger charge is 2.30. The average molecular weight is 262 g/mol. The van der Waals surface area contributed by atoms with Gasteiger partial charge in [0.15, 0.2) is 5.78 Å². The summed E-state index contributed by atoms with van der Waals surface area (Å²) < 4.78 is 12.2. The molecule has 0 saturated carbocycles. The second-order valence-electron chi connectivity index (χ2n) is 4.26. The van der Waals surface area contributed by atoms with Crippen molar-refractivity contribution in [3.63, 3.8) is 0 Å². The number of benzene rings is 1. The summed E-state index contributed by atoms with van der Waals surface area (Å²) in [7, 11) is -1.42. The van der Waals surface area contributed by atoms with E-state index in [4.69, 9.17) is 0 Å². The summed E-state index contributed by atoms with van der Waals surface area (Å²) in [5.41, 5.74) is 0.754. The lowest BCUT2D eigenvalue weighted by atomic mass is 9.95. The van der Waals surface area contributed by atoms with Gasteiger partial charge in [0.1, 0.15) is 0 Å². The van der Waals surface area contributed by atoms with Crippen LogP contribution in [-0.4, -0.2) is 21.0 Å². The normalized spacial score (nSPS) is 18.0. The summed E-state index contributed by atoms with van der Waals surface area (Å²) in [5.74, 6) is -0.527. The summed E-state index contributed by atoms with van der Waals surface area (Å²) in [4.78, 5) is 24.2. The molecule has 0 radical (unpaired) electrons. The zero-order valence-corrected chi connectivity index (χ0v) is 11.1. The molecular weight excluding hydrogens is 248 g/mol. The molecule has 1 aromatic carbocycles. The second-order valence-corrected chi connectivity index (χ2v) is 6.10. The highest BCUT2D eigenvalue weighted by molar-refractivity contribution is 7.90. The van der Waals surface area contributed by atoms with Crippen molar-refractivity contribution in [2.75, 3.05) is 0 Å². The van der Waals surface area contributed by atoms with Crippen LogP contribution in [0.25, 0.3) is 0 Å². The Bertz CT molecular complexity index is 572. The molecule has 3 nitrogen and oxygen atoms in total. The maximum atomic E-state index is 12.2. The fraction of sp³-hybridized carbons (Fsp3) is 0.286. The Morgan fingerprint density at radius 1 is 1.17 bits per heavy atom. The summed E-state index contributed by atoms with van der Waals surface area (Å²) >= 11 is 0. The smallest absolute Gasteiger partial charge is 0.202 e. The van der Waals surface area contributed by atoms with Crippen LogP contribution < -0.4 is 0 Å². The standard InChI is InChI=1S/C14H14O3S/c1-3-9(2)18(17)13-8-12(15)10-6-4-5-7-11(10)14(13)16/h4-9H,3H2,1-2H3. The van der Waals surface area contributed by atoms with Crippen molar-refractivity contribution in [2.24, 2.45) is 0 Å². The monoisotopic (exact) mass is 262 g/mol. The van der Waals surface area contributed by atoms with Crippen LogP contribution in [0.1, 0.15) is 41.0 Å². The van der Waals surface area contributed by atoms with Crippen molar-refractivity contribution in [2.45, 2.75) is 25.5 Å². The van der Waals surface area contributed by atoms with Crippen LogP contribution in [0.2, 0.25) is 0 Å². The maximum Gasteiger partial charge on any atom is 0.202 e. The van der Waals surface area contributed by atoms with Crippen LogP contribution in [-0.2, 0) is 10.8 Å². The van der Waals surface area contributed by atoms with Gasteiger partial charge in [0.05, 0.1) is 15.7 Å². The van der Waals surface area contributed by atoms with Gasteiger partial charge in [0.25, 0.3) is 0 Å². The van der Waals surface area contributed by atoms with E-state index < -0.39 is 10.8 Å². The molecule has 0 N–H and O–H groups in total. The molecule has 0 fully saturated rings. The minimum Gasteiger partial charge on any atom is -0.289 e.